The second-order valence-corrected chi connectivity index (χ2v) is 6.21. The van der Waals surface area contributed by atoms with E-state index in [1.165, 1.54) is 11.1 Å². The summed E-state index contributed by atoms with van der Waals surface area (Å²) in [5, 5.41) is 11.7. The topological polar surface area (TPSA) is 58.6 Å². The molecule has 0 radical (unpaired) electrons. The Bertz CT molecular complexity index is 485. The molecule has 4 heteroatoms. The highest BCUT2D eigenvalue weighted by atomic mass is 16.5. The maximum Gasteiger partial charge on any atom is 0.260 e. The Morgan fingerprint density at radius 1 is 1.27 bits per heavy atom. The van der Waals surface area contributed by atoms with Crippen molar-refractivity contribution in [2.24, 2.45) is 0 Å². The van der Waals surface area contributed by atoms with Crippen molar-refractivity contribution >= 4 is 5.91 Å². The minimum Gasteiger partial charge on any atom is -0.481 e. The van der Waals surface area contributed by atoms with Crippen LogP contribution in [0, 0.1) is 6.92 Å². The Labute approximate surface area is 133 Å². The number of rotatable bonds is 8. The van der Waals surface area contributed by atoms with E-state index in [0.717, 1.165) is 6.42 Å². The first-order valence-electron chi connectivity index (χ1n) is 8.03. The van der Waals surface area contributed by atoms with Crippen LogP contribution in [0.1, 0.15) is 57.6 Å². The molecule has 2 N–H and O–H groups in total. The quantitative estimate of drug-likeness (QED) is 0.775. The Morgan fingerprint density at radius 3 is 2.50 bits per heavy atom. The molecule has 1 aromatic carbocycles. The fraction of sp³-hybridized carbons (Fsp3) is 0.611. The van der Waals surface area contributed by atoms with Crippen LogP contribution in [0.5, 0.6) is 5.75 Å². The molecule has 0 spiro atoms. The maximum atomic E-state index is 12.1. The Kier molecular flexibility index (Phi) is 7.39. The van der Waals surface area contributed by atoms with Gasteiger partial charge in [0.1, 0.15) is 5.75 Å². The van der Waals surface area contributed by atoms with Crippen molar-refractivity contribution < 1.29 is 14.6 Å². The number of ether oxygens (including phenoxy) is 1. The molecular formula is C18H29NO3. The van der Waals surface area contributed by atoms with Gasteiger partial charge >= 0.3 is 0 Å². The van der Waals surface area contributed by atoms with E-state index >= 15 is 0 Å². The molecule has 0 saturated heterocycles. The minimum atomic E-state index is -0.541. The van der Waals surface area contributed by atoms with Gasteiger partial charge in [0.05, 0.1) is 0 Å². The van der Waals surface area contributed by atoms with Crippen molar-refractivity contribution in [2.45, 2.75) is 65.5 Å². The third-order valence-electron chi connectivity index (χ3n) is 3.73. The number of benzene rings is 1. The number of hydrogen-bond acceptors (Lipinski definition) is 3. The number of aliphatic hydroxyl groups is 1. The Morgan fingerprint density at radius 2 is 1.95 bits per heavy atom. The van der Waals surface area contributed by atoms with Gasteiger partial charge in [-0.2, -0.15) is 0 Å². The number of aliphatic hydroxyl groups excluding tert-OH is 1. The van der Waals surface area contributed by atoms with E-state index in [2.05, 4.69) is 32.2 Å². The molecule has 1 aromatic rings. The van der Waals surface area contributed by atoms with E-state index < -0.39 is 6.10 Å². The molecule has 2 atom stereocenters. The lowest BCUT2D eigenvalue weighted by atomic mass is 9.98. The third kappa shape index (κ3) is 5.68. The standard InChI is InChI=1S/C18H29NO3/c1-12(2)17-9-8-16(11-13(17)3)22-15(5)18(21)19-14(4)7-6-10-20/h8-9,11-12,14-15,20H,6-7,10H2,1-5H3,(H,19,21). The van der Waals surface area contributed by atoms with E-state index in [-0.39, 0.29) is 18.6 Å². The van der Waals surface area contributed by atoms with Crippen LogP contribution in [0.4, 0.5) is 0 Å². The average Bonchev–Trinajstić information content (AvgIpc) is 2.44. The first-order chi connectivity index (χ1) is 10.3. The van der Waals surface area contributed by atoms with E-state index in [9.17, 15) is 4.79 Å². The zero-order valence-electron chi connectivity index (χ0n) is 14.3. The normalized spacial score (nSPS) is 13.8. The summed E-state index contributed by atoms with van der Waals surface area (Å²) >= 11 is 0. The molecule has 1 amide bonds. The van der Waals surface area contributed by atoms with E-state index in [1.807, 2.05) is 19.1 Å². The molecular weight excluding hydrogens is 278 g/mol. The largest absolute Gasteiger partial charge is 0.481 e. The summed E-state index contributed by atoms with van der Waals surface area (Å²) in [5.41, 5.74) is 2.47. The average molecular weight is 307 g/mol. The van der Waals surface area contributed by atoms with Crippen LogP contribution in [-0.4, -0.2) is 29.8 Å². The lowest BCUT2D eigenvalue weighted by Crippen LogP contribution is -2.41. The lowest BCUT2D eigenvalue weighted by Gasteiger charge is -2.19. The molecule has 1 rings (SSSR count). The monoisotopic (exact) mass is 307 g/mol. The number of nitrogens with one attached hydrogen (secondary N) is 1. The molecule has 0 aliphatic rings. The van der Waals surface area contributed by atoms with Crippen LogP contribution in [0.3, 0.4) is 0 Å². The fourth-order valence-corrected chi connectivity index (χ4v) is 2.46. The molecule has 0 aromatic heterocycles. The van der Waals surface area contributed by atoms with Crippen molar-refractivity contribution in [3.05, 3.63) is 29.3 Å². The fourth-order valence-electron chi connectivity index (χ4n) is 2.46. The minimum absolute atomic E-state index is 0.0377. The van der Waals surface area contributed by atoms with Gasteiger partial charge in [0, 0.05) is 12.6 Å². The summed E-state index contributed by atoms with van der Waals surface area (Å²) in [5.74, 6) is 1.06. The van der Waals surface area contributed by atoms with Gasteiger partial charge < -0.3 is 15.2 Å². The molecule has 0 bridgehead atoms. The van der Waals surface area contributed by atoms with Gasteiger partial charge in [0.25, 0.3) is 5.91 Å². The van der Waals surface area contributed by atoms with Gasteiger partial charge in [-0.1, -0.05) is 19.9 Å². The highest BCUT2D eigenvalue weighted by molar-refractivity contribution is 5.80. The predicted octanol–water partition coefficient (Wildman–Crippen LogP) is 3.16. The molecule has 22 heavy (non-hydrogen) atoms. The van der Waals surface area contributed by atoms with Gasteiger partial charge in [-0.15, -0.1) is 0 Å². The third-order valence-corrected chi connectivity index (χ3v) is 3.73. The number of amides is 1. The van der Waals surface area contributed by atoms with E-state index in [0.29, 0.717) is 18.1 Å². The number of carbonyl (C=O) groups excluding carboxylic acids is 1. The molecule has 2 unspecified atom stereocenters. The van der Waals surface area contributed by atoms with Crippen molar-refractivity contribution in [1.82, 2.24) is 5.32 Å². The van der Waals surface area contributed by atoms with Crippen LogP contribution >= 0.6 is 0 Å². The molecule has 0 aliphatic heterocycles. The molecule has 0 saturated carbocycles. The molecule has 0 aliphatic carbocycles. The molecule has 0 heterocycles. The van der Waals surface area contributed by atoms with Crippen LogP contribution in [0.25, 0.3) is 0 Å². The second-order valence-electron chi connectivity index (χ2n) is 6.21. The van der Waals surface area contributed by atoms with Crippen LogP contribution in [0.2, 0.25) is 0 Å². The Hall–Kier alpha value is -1.55. The summed E-state index contributed by atoms with van der Waals surface area (Å²) < 4.78 is 5.74. The molecule has 4 nitrogen and oxygen atoms in total. The maximum absolute atomic E-state index is 12.1. The predicted molar refractivity (Wildman–Crippen MR) is 89.3 cm³/mol. The summed E-state index contributed by atoms with van der Waals surface area (Å²) in [7, 11) is 0. The summed E-state index contributed by atoms with van der Waals surface area (Å²) in [6, 6.07) is 6.00. The van der Waals surface area contributed by atoms with E-state index in [4.69, 9.17) is 9.84 Å². The SMILES string of the molecule is Cc1cc(OC(C)C(=O)NC(C)CCCO)ccc1C(C)C. The lowest BCUT2D eigenvalue weighted by molar-refractivity contribution is -0.127. The smallest absolute Gasteiger partial charge is 0.260 e. The summed E-state index contributed by atoms with van der Waals surface area (Å²) in [6.07, 6.45) is 0.907. The zero-order valence-corrected chi connectivity index (χ0v) is 14.3. The first-order valence-corrected chi connectivity index (χ1v) is 8.03. The van der Waals surface area contributed by atoms with Gasteiger partial charge in [0.2, 0.25) is 0 Å². The van der Waals surface area contributed by atoms with Gasteiger partial charge in [-0.3, -0.25) is 4.79 Å². The van der Waals surface area contributed by atoms with Crippen LogP contribution in [0.15, 0.2) is 18.2 Å². The van der Waals surface area contributed by atoms with Crippen molar-refractivity contribution in [1.29, 1.82) is 0 Å². The zero-order chi connectivity index (χ0) is 16.7. The number of hydrogen-bond donors (Lipinski definition) is 2. The van der Waals surface area contributed by atoms with Gasteiger partial charge in [0.15, 0.2) is 6.10 Å². The second kappa shape index (κ2) is 8.79. The highest BCUT2D eigenvalue weighted by Crippen LogP contribution is 2.24. The number of carbonyl (C=O) groups is 1. The Balaban J connectivity index is 2.58. The molecule has 124 valence electrons. The number of aryl methyl sites for hydroxylation is 1. The van der Waals surface area contributed by atoms with E-state index in [1.54, 1.807) is 6.92 Å². The highest BCUT2D eigenvalue weighted by Gasteiger charge is 2.17. The van der Waals surface area contributed by atoms with Crippen molar-refractivity contribution in [3.8, 4) is 5.75 Å². The van der Waals surface area contributed by atoms with Crippen LogP contribution in [-0.2, 0) is 4.79 Å². The van der Waals surface area contributed by atoms with Gasteiger partial charge in [-0.05, 0) is 62.8 Å². The van der Waals surface area contributed by atoms with Crippen molar-refractivity contribution in [3.63, 3.8) is 0 Å². The summed E-state index contributed by atoms with van der Waals surface area (Å²) in [6.45, 7) is 10.2. The summed E-state index contributed by atoms with van der Waals surface area (Å²) in [4.78, 5) is 12.1. The first kappa shape index (κ1) is 18.5. The van der Waals surface area contributed by atoms with Crippen LogP contribution < -0.4 is 10.1 Å². The van der Waals surface area contributed by atoms with Crippen molar-refractivity contribution in [2.75, 3.05) is 6.61 Å². The molecule has 0 fully saturated rings. The van der Waals surface area contributed by atoms with Gasteiger partial charge in [-0.25, -0.2) is 0 Å².